The van der Waals surface area contributed by atoms with E-state index in [0.29, 0.717) is 36.8 Å². The van der Waals surface area contributed by atoms with Crippen molar-refractivity contribution in [2.24, 2.45) is 5.92 Å². The molecule has 1 atom stereocenters. The summed E-state index contributed by atoms with van der Waals surface area (Å²) in [6, 6.07) is 9.39. The lowest BCUT2D eigenvalue weighted by Crippen LogP contribution is -2.38. The SMILES string of the molecule is CC1CCN(C(=O)c2ccc(NC3CCN(Cc4ccc(F)cc4)C3=O)nc2)CC1. The molecular weight excluding hydrogens is 383 g/mol. The third-order valence-electron chi connectivity index (χ3n) is 5.99. The summed E-state index contributed by atoms with van der Waals surface area (Å²) in [5.41, 5.74) is 1.48. The fraction of sp³-hybridized carbons (Fsp3) is 0.435. The van der Waals surface area contributed by atoms with Gasteiger partial charge in [0.2, 0.25) is 5.91 Å². The van der Waals surface area contributed by atoms with Gasteiger partial charge in [-0.15, -0.1) is 0 Å². The van der Waals surface area contributed by atoms with E-state index in [-0.39, 0.29) is 23.7 Å². The molecule has 2 aliphatic rings. The quantitative estimate of drug-likeness (QED) is 0.821. The highest BCUT2D eigenvalue weighted by molar-refractivity contribution is 5.94. The number of aromatic nitrogens is 1. The highest BCUT2D eigenvalue weighted by Gasteiger charge is 2.31. The average Bonchev–Trinajstić information content (AvgIpc) is 3.09. The Bertz CT molecular complexity index is 892. The lowest BCUT2D eigenvalue weighted by molar-refractivity contribution is -0.128. The first-order valence-corrected chi connectivity index (χ1v) is 10.5. The minimum absolute atomic E-state index is 0.00344. The van der Waals surface area contributed by atoms with Crippen molar-refractivity contribution in [2.45, 2.75) is 38.8 Å². The Morgan fingerprint density at radius 1 is 1.10 bits per heavy atom. The Labute approximate surface area is 176 Å². The predicted molar refractivity (Wildman–Crippen MR) is 112 cm³/mol. The van der Waals surface area contributed by atoms with Crippen molar-refractivity contribution < 1.29 is 14.0 Å². The van der Waals surface area contributed by atoms with Crippen molar-refractivity contribution in [3.05, 3.63) is 59.5 Å². The molecule has 2 aliphatic heterocycles. The molecule has 1 N–H and O–H groups in total. The van der Waals surface area contributed by atoms with E-state index in [4.69, 9.17) is 0 Å². The van der Waals surface area contributed by atoms with Gasteiger partial charge in [-0.2, -0.15) is 0 Å². The van der Waals surface area contributed by atoms with Crippen molar-refractivity contribution in [3.63, 3.8) is 0 Å². The van der Waals surface area contributed by atoms with Crippen molar-refractivity contribution >= 4 is 17.6 Å². The van der Waals surface area contributed by atoms with Crippen LogP contribution in [0.25, 0.3) is 0 Å². The molecular formula is C23H27FN4O2. The average molecular weight is 410 g/mol. The van der Waals surface area contributed by atoms with E-state index in [0.717, 1.165) is 31.5 Å². The van der Waals surface area contributed by atoms with Gasteiger partial charge in [0.05, 0.1) is 5.56 Å². The number of carbonyl (C=O) groups is 2. The maximum Gasteiger partial charge on any atom is 0.255 e. The third-order valence-corrected chi connectivity index (χ3v) is 5.99. The molecule has 3 heterocycles. The van der Waals surface area contributed by atoms with Gasteiger partial charge in [-0.05, 0) is 55.0 Å². The Hall–Kier alpha value is -2.96. The molecule has 1 aromatic heterocycles. The monoisotopic (exact) mass is 410 g/mol. The zero-order chi connectivity index (χ0) is 21.1. The van der Waals surface area contributed by atoms with Crippen molar-refractivity contribution in [1.29, 1.82) is 0 Å². The van der Waals surface area contributed by atoms with Crippen LogP contribution in [0.3, 0.4) is 0 Å². The number of likely N-dealkylation sites (tertiary alicyclic amines) is 2. The molecule has 1 aromatic carbocycles. The molecule has 4 rings (SSSR count). The molecule has 0 aliphatic carbocycles. The topological polar surface area (TPSA) is 65.5 Å². The van der Waals surface area contributed by atoms with Crippen LogP contribution in [-0.4, -0.2) is 52.3 Å². The standard InChI is InChI=1S/C23H27FN4O2/c1-16-8-11-27(12-9-16)22(29)18-4-7-21(25-14-18)26-20-10-13-28(23(20)30)15-17-2-5-19(24)6-3-17/h2-7,14,16,20H,8-13,15H2,1H3,(H,25,26). The van der Waals surface area contributed by atoms with Gasteiger partial charge in [0.15, 0.2) is 0 Å². The van der Waals surface area contributed by atoms with E-state index < -0.39 is 0 Å². The number of piperidine rings is 1. The molecule has 0 saturated carbocycles. The summed E-state index contributed by atoms with van der Waals surface area (Å²) in [4.78, 5) is 33.3. The molecule has 0 bridgehead atoms. The van der Waals surface area contributed by atoms with Crippen LogP contribution in [0.4, 0.5) is 10.2 Å². The lowest BCUT2D eigenvalue weighted by atomic mass is 9.99. The van der Waals surface area contributed by atoms with Crippen LogP contribution in [0.2, 0.25) is 0 Å². The summed E-state index contributed by atoms with van der Waals surface area (Å²) >= 11 is 0. The molecule has 2 amide bonds. The summed E-state index contributed by atoms with van der Waals surface area (Å²) < 4.78 is 13.1. The second-order valence-electron chi connectivity index (χ2n) is 8.28. The van der Waals surface area contributed by atoms with E-state index in [1.807, 2.05) is 4.90 Å². The van der Waals surface area contributed by atoms with Gasteiger partial charge in [-0.3, -0.25) is 9.59 Å². The predicted octanol–water partition coefficient (Wildman–Crippen LogP) is 3.31. The number of nitrogens with zero attached hydrogens (tertiary/aromatic N) is 3. The second kappa shape index (κ2) is 8.81. The van der Waals surface area contributed by atoms with Crippen LogP contribution < -0.4 is 5.32 Å². The van der Waals surface area contributed by atoms with Crippen LogP contribution in [0.1, 0.15) is 42.1 Å². The Kier molecular flexibility index (Phi) is 5.97. The van der Waals surface area contributed by atoms with Crippen molar-refractivity contribution in [1.82, 2.24) is 14.8 Å². The van der Waals surface area contributed by atoms with Crippen LogP contribution in [0.15, 0.2) is 42.6 Å². The van der Waals surface area contributed by atoms with Gasteiger partial charge in [-0.25, -0.2) is 9.37 Å². The van der Waals surface area contributed by atoms with Gasteiger partial charge in [0, 0.05) is 32.4 Å². The zero-order valence-electron chi connectivity index (χ0n) is 17.2. The largest absolute Gasteiger partial charge is 0.358 e. The molecule has 0 radical (unpaired) electrons. The molecule has 0 spiro atoms. The molecule has 30 heavy (non-hydrogen) atoms. The van der Waals surface area contributed by atoms with E-state index in [1.54, 1.807) is 35.4 Å². The molecule has 1 unspecified atom stereocenters. The lowest BCUT2D eigenvalue weighted by Gasteiger charge is -2.30. The first-order chi connectivity index (χ1) is 14.5. The smallest absolute Gasteiger partial charge is 0.255 e. The fourth-order valence-corrected chi connectivity index (χ4v) is 4.02. The normalized spacial score (nSPS) is 19.9. The van der Waals surface area contributed by atoms with Crippen molar-refractivity contribution in [2.75, 3.05) is 25.0 Å². The first-order valence-electron chi connectivity index (χ1n) is 10.5. The van der Waals surface area contributed by atoms with Crippen LogP contribution >= 0.6 is 0 Å². The van der Waals surface area contributed by atoms with Crippen LogP contribution in [0.5, 0.6) is 0 Å². The fourth-order valence-electron chi connectivity index (χ4n) is 4.02. The Morgan fingerprint density at radius 3 is 2.50 bits per heavy atom. The van der Waals surface area contributed by atoms with Gasteiger partial charge < -0.3 is 15.1 Å². The minimum atomic E-state index is -0.344. The second-order valence-corrected chi connectivity index (χ2v) is 8.28. The van der Waals surface area contributed by atoms with E-state index in [2.05, 4.69) is 17.2 Å². The first kappa shape index (κ1) is 20.3. The highest BCUT2D eigenvalue weighted by atomic mass is 19.1. The zero-order valence-corrected chi connectivity index (χ0v) is 17.2. The third kappa shape index (κ3) is 4.61. The van der Waals surface area contributed by atoms with Gasteiger partial charge in [0.25, 0.3) is 5.91 Å². The van der Waals surface area contributed by atoms with E-state index in [1.165, 1.54) is 12.1 Å². The van der Waals surface area contributed by atoms with E-state index >= 15 is 0 Å². The van der Waals surface area contributed by atoms with Gasteiger partial charge in [-0.1, -0.05) is 19.1 Å². The highest BCUT2D eigenvalue weighted by Crippen LogP contribution is 2.21. The number of carbonyl (C=O) groups excluding carboxylic acids is 2. The number of nitrogens with one attached hydrogen (secondary N) is 1. The number of hydrogen-bond acceptors (Lipinski definition) is 4. The number of halogens is 1. The van der Waals surface area contributed by atoms with Crippen LogP contribution in [-0.2, 0) is 11.3 Å². The maximum absolute atomic E-state index is 13.1. The Morgan fingerprint density at radius 2 is 1.83 bits per heavy atom. The minimum Gasteiger partial charge on any atom is -0.358 e. The molecule has 2 saturated heterocycles. The molecule has 2 fully saturated rings. The number of amides is 2. The number of benzene rings is 1. The number of pyridine rings is 1. The molecule has 7 heteroatoms. The van der Waals surface area contributed by atoms with Gasteiger partial charge >= 0.3 is 0 Å². The number of rotatable bonds is 5. The number of anilines is 1. The molecule has 6 nitrogen and oxygen atoms in total. The van der Waals surface area contributed by atoms with Crippen molar-refractivity contribution in [3.8, 4) is 0 Å². The summed E-state index contributed by atoms with van der Waals surface area (Å²) in [6.07, 6.45) is 4.33. The summed E-state index contributed by atoms with van der Waals surface area (Å²) in [7, 11) is 0. The summed E-state index contributed by atoms with van der Waals surface area (Å²) in [5.74, 6) is 0.993. The maximum atomic E-state index is 13.1. The summed E-state index contributed by atoms with van der Waals surface area (Å²) in [5, 5.41) is 3.18. The van der Waals surface area contributed by atoms with Crippen LogP contribution in [0, 0.1) is 11.7 Å². The molecule has 2 aromatic rings. The molecule has 158 valence electrons. The Balaban J connectivity index is 1.32. The van der Waals surface area contributed by atoms with E-state index in [9.17, 15) is 14.0 Å². The van der Waals surface area contributed by atoms with Gasteiger partial charge in [0.1, 0.15) is 17.7 Å². The summed E-state index contributed by atoms with van der Waals surface area (Å²) in [6.45, 7) is 4.90. The number of hydrogen-bond donors (Lipinski definition) is 1.